The van der Waals surface area contributed by atoms with Gasteiger partial charge in [-0.05, 0) is 25.0 Å². The van der Waals surface area contributed by atoms with Crippen molar-refractivity contribution in [1.29, 1.82) is 0 Å². The van der Waals surface area contributed by atoms with E-state index in [9.17, 15) is 0 Å². The van der Waals surface area contributed by atoms with E-state index in [4.69, 9.17) is 15.5 Å². The smallest absolute Gasteiger partial charge is 0.109 e. The molecule has 2 N–H and O–H groups in total. The topological polar surface area (TPSA) is 44.5 Å². The molecule has 1 aromatic rings. The van der Waals surface area contributed by atoms with Gasteiger partial charge in [-0.15, -0.1) is 0 Å². The van der Waals surface area contributed by atoms with Crippen LogP contribution in [-0.2, 0) is 21.8 Å². The van der Waals surface area contributed by atoms with Gasteiger partial charge in [0, 0.05) is 7.11 Å². The first-order valence-corrected chi connectivity index (χ1v) is 4.56. The lowest BCUT2D eigenvalue weighted by Crippen LogP contribution is -2.25. The molecule has 0 spiro atoms. The summed E-state index contributed by atoms with van der Waals surface area (Å²) in [6.07, 6.45) is 0. The van der Waals surface area contributed by atoms with Crippen molar-refractivity contribution in [2.24, 2.45) is 5.90 Å². The highest BCUT2D eigenvalue weighted by Crippen LogP contribution is 2.22. The molecule has 0 aliphatic heterocycles. The fourth-order valence-corrected chi connectivity index (χ4v) is 1.24. The number of nitrogens with two attached hydrogens (primary N) is 1. The van der Waals surface area contributed by atoms with E-state index in [1.807, 2.05) is 38.1 Å². The Bertz CT molecular complexity index is 280. The standard InChI is InChI=1S/C11H17NO2/c1-11(2,14-12)10-6-4-9(5-7-10)8-13-3/h4-7H,8,12H2,1-3H3. The van der Waals surface area contributed by atoms with Crippen LogP contribution in [0.25, 0.3) is 0 Å². The van der Waals surface area contributed by atoms with Crippen LogP contribution in [0.2, 0.25) is 0 Å². The SMILES string of the molecule is COCc1ccc(C(C)(C)ON)cc1. The molecule has 0 bridgehead atoms. The Balaban J connectivity index is 2.82. The van der Waals surface area contributed by atoms with Crippen LogP contribution in [0.15, 0.2) is 24.3 Å². The summed E-state index contributed by atoms with van der Waals surface area (Å²) in [5.74, 6) is 5.21. The third-order valence-electron chi connectivity index (χ3n) is 2.25. The van der Waals surface area contributed by atoms with Gasteiger partial charge in [-0.2, -0.15) is 0 Å². The van der Waals surface area contributed by atoms with Crippen molar-refractivity contribution in [3.05, 3.63) is 35.4 Å². The first kappa shape index (κ1) is 11.2. The van der Waals surface area contributed by atoms with Gasteiger partial charge in [0.05, 0.1) is 6.61 Å². The molecule has 0 aliphatic rings. The molecule has 0 aromatic heterocycles. The van der Waals surface area contributed by atoms with Crippen LogP contribution in [0, 0.1) is 0 Å². The zero-order chi connectivity index (χ0) is 10.6. The molecule has 78 valence electrons. The minimum Gasteiger partial charge on any atom is -0.380 e. The summed E-state index contributed by atoms with van der Waals surface area (Å²) in [6.45, 7) is 4.49. The predicted molar refractivity (Wildman–Crippen MR) is 55.5 cm³/mol. The summed E-state index contributed by atoms with van der Waals surface area (Å²) in [5, 5.41) is 0. The van der Waals surface area contributed by atoms with Crippen LogP contribution in [-0.4, -0.2) is 7.11 Å². The normalized spacial score (nSPS) is 11.7. The lowest BCUT2D eigenvalue weighted by molar-refractivity contribution is -0.0236. The van der Waals surface area contributed by atoms with E-state index in [-0.39, 0.29) is 0 Å². The molecular formula is C11H17NO2. The van der Waals surface area contributed by atoms with Crippen LogP contribution < -0.4 is 5.90 Å². The maximum atomic E-state index is 5.21. The van der Waals surface area contributed by atoms with Gasteiger partial charge in [-0.25, -0.2) is 5.90 Å². The van der Waals surface area contributed by atoms with Crippen molar-refractivity contribution in [1.82, 2.24) is 0 Å². The van der Waals surface area contributed by atoms with Gasteiger partial charge in [0.15, 0.2) is 0 Å². The van der Waals surface area contributed by atoms with Crippen molar-refractivity contribution >= 4 is 0 Å². The third-order valence-corrected chi connectivity index (χ3v) is 2.25. The number of methoxy groups -OCH3 is 1. The van der Waals surface area contributed by atoms with Crippen molar-refractivity contribution in [2.45, 2.75) is 26.1 Å². The Morgan fingerprint density at radius 3 is 2.21 bits per heavy atom. The minimum atomic E-state index is -0.439. The Morgan fingerprint density at radius 2 is 1.79 bits per heavy atom. The van der Waals surface area contributed by atoms with E-state index in [1.54, 1.807) is 7.11 Å². The molecule has 0 heterocycles. The summed E-state index contributed by atoms with van der Waals surface area (Å²) in [6, 6.07) is 8.03. The highest BCUT2D eigenvalue weighted by atomic mass is 16.6. The molecule has 0 fully saturated rings. The lowest BCUT2D eigenvalue weighted by Gasteiger charge is -2.22. The van der Waals surface area contributed by atoms with Crippen LogP contribution in [0.5, 0.6) is 0 Å². The Morgan fingerprint density at radius 1 is 1.21 bits per heavy atom. The fourth-order valence-electron chi connectivity index (χ4n) is 1.24. The second-order valence-corrected chi connectivity index (χ2v) is 3.76. The van der Waals surface area contributed by atoms with Crippen LogP contribution in [0.1, 0.15) is 25.0 Å². The summed E-state index contributed by atoms with van der Waals surface area (Å²) >= 11 is 0. The van der Waals surface area contributed by atoms with Gasteiger partial charge in [0.1, 0.15) is 5.60 Å². The van der Waals surface area contributed by atoms with Gasteiger partial charge in [0.2, 0.25) is 0 Å². The van der Waals surface area contributed by atoms with E-state index in [1.165, 1.54) is 0 Å². The first-order valence-electron chi connectivity index (χ1n) is 4.56. The molecule has 0 radical (unpaired) electrons. The molecule has 0 aliphatic carbocycles. The molecule has 0 amide bonds. The Hall–Kier alpha value is -0.900. The summed E-state index contributed by atoms with van der Waals surface area (Å²) < 4.78 is 5.02. The molecule has 0 saturated carbocycles. The van der Waals surface area contributed by atoms with Crippen molar-refractivity contribution in [2.75, 3.05) is 7.11 Å². The second-order valence-electron chi connectivity index (χ2n) is 3.76. The molecule has 3 nitrogen and oxygen atoms in total. The fraction of sp³-hybridized carbons (Fsp3) is 0.455. The van der Waals surface area contributed by atoms with E-state index in [2.05, 4.69) is 0 Å². The molecular weight excluding hydrogens is 178 g/mol. The zero-order valence-electron chi connectivity index (χ0n) is 8.91. The van der Waals surface area contributed by atoms with Crippen molar-refractivity contribution < 1.29 is 9.57 Å². The number of rotatable bonds is 4. The van der Waals surface area contributed by atoms with Gasteiger partial charge >= 0.3 is 0 Å². The van der Waals surface area contributed by atoms with Crippen LogP contribution in [0.4, 0.5) is 0 Å². The summed E-state index contributed by atoms with van der Waals surface area (Å²) in [5.41, 5.74) is 1.76. The summed E-state index contributed by atoms with van der Waals surface area (Å²) in [7, 11) is 1.68. The Labute approximate surface area is 84.8 Å². The average Bonchev–Trinajstić information content (AvgIpc) is 2.19. The van der Waals surface area contributed by atoms with Gasteiger partial charge in [0.25, 0.3) is 0 Å². The van der Waals surface area contributed by atoms with Gasteiger partial charge in [-0.1, -0.05) is 24.3 Å². The quantitative estimate of drug-likeness (QED) is 0.747. The maximum Gasteiger partial charge on any atom is 0.109 e. The van der Waals surface area contributed by atoms with E-state index < -0.39 is 5.60 Å². The van der Waals surface area contributed by atoms with E-state index in [0.29, 0.717) is 6.61 Å². The van der Waals surface area contributed by atoms with E-state index in [0.717, 1.165) is 11.1 Å². The molecule has 0 saturated heterocycles. The van der Waals surface area contributed by atoms with Crippen LogP contribution in [0.3, 0.4) is 0 Å². The van der Waals surface area contributed by atoms with Crippen molar-refractivity contribution in [3.63, 3.8) is 0 Å². The number of ether oxygens (including phenoxy) is 1. The maximum absolute atomic E-state index is 5.21. The molecule has 1 aromatic carbocycles. The minimum absolute atomic E-state index is 0.439. The highest BCUT2D eigenvalue weighted by Gasteiger charge is 2.19. The monoisotopic (exact) mass is 195 g/mol. The number of hydrogen-bond donors (Lipinski definition) is 1. The largest absolute Gasteiger partial charge is 0.380 e. The van der Waals surface area contributed by atoms with Gasteiger partial charge < -0.3 is 4.74 Å². The summed E-state index contributed by atoms with van der Waals surface area (Å²) in [4.78, 5) is 4.89. The van der Waals surface area contributed by atoms with Gasteiger partial charge in [-0.3, -0.25) is 4.84 Å². The van der Waals surface area contributed by atoms with Crippen molar-refractivity contribution in [3.8, 4) is 0 Å². The molecule has 3 heteroatoms. The highest BCUT2D eigenvalue weighted by molar-refractivity contribution is 5.26. The number of benzene rings is 1. The van der Waals surface area contributed by atoms with Crippen LogP contribution >= 0.6 is 0 Å². The van der Waals surface area contributed by atoms with E-state index >= 15 is 0 Å². The predicted octanol–water partition coefficient (Wildman–Crippen LogP) is 1.96. The second kappa shape index (κ2) is 4.55. The number of hydrogen-bond acceptors (Lipinski definition) is 3. The molecule has 1 rings (SSSR count). The lowest BCUT2D eigenvalue weighted by atomic mass is 9.97. The third kappa shape index (κ3) is 2.54. The molecule has 0 unspecified atom stereocenters. The molecule has 14 heavy (non-hydrogen) atoms. The first-order chi connectivity index (χ1) is 6.60. The Kier molecular flexibility index (Phi) is 3.63. The zero-order valence-corrected chi connectivity index (χ0v) is 8.91. The molecule has 0 atom stereocenters. The average molecular weight is 195 g/mol.